The van der Waals surface area contributed by atoms with Crippen LogP contribution in [0.2, 0.25) is 0 Å². The average Bonchev–Trinajstić information content (AvgIpc) is 3.05. The summed E-state index contributed by atoms with van der Waals surface area (Å²) in [4.78, 5) is 14.6. The largest absolute Gasteiger partial charge is 0.399 e. The summed E-state index contributed by atoms with van der Waals surface area (Å²) in [5.41, 5.74) is 8.33. The molecule has 1 amide bonds. The summed E-state index contributed by atoms with van der Waals surface area (Å²) in [6.45, 7) is 4.29. The SMILES string of the molecule is Cc1ccc(N)cc1NC(=O)CCCN1CC2CCC1C2. The number of hydrogen-bond donors (Lipinski definition) is 2. The van der Waals surface area contributed by atoms with Crippen molar-refractivity contribution < 1.29 is 4.79 Å². The minimum Gasteiger partial charge on any atom is -0.399 e. The smallest absolute Gasteiger partial charge is 0.224 e. The van der Waals surface area contributed by atoms with Gasteiger partial charge in [-0.1, -0.05) is 6.07 Å². The van der Waals surface area contributed by atoms with Crippen LogP contribution in [-0.2, 0) is 4.79 Å². The van der Waals surface area contributed by atoms with Crippen LogP contribution >= 0.6 is 0 Å². The number of nitrogens with zero attached hydrogens (tertiary/aromatic N) is 1. The number of anilines is 2. The lowest BCUT2D eigenvalue weighted by atomic mass is 10.1. The zero-order valence-electron chi connectivity index (χ0n) is 12.8. The van der Waals surface area contributed by atoms with Crippen LogP contribution < -0.4 is 11.1 Å². The Bertz CT molecular complexity index is 529. The lowest BCUT2D eigenvalue weighted by Gasteiger charge is -2.26. The Morgan fingerprint density at radius 2 is 2.29 bits per heavy atom. The second-order valence-electron chi connectivity index (χ2n) is 6.55. The Kier molecular flexibility index (Phi) is 4.15. The first-order valence-electron chi connectivity index (χ1n) is 8.02. The summed E-state index contributed by atoms with van der Waals surface area (Å²) in [7, 11) is 0. The lowest BCUT2D eigenvalue weighted by molar-refractivity contribution is -0.116. The number of fused-ring (bicyclic) bond motifs is 2. The molecule has 2 bridgehead atoms. The van der Waals surface area contributed by atoms with Gasteiger partial charge in [0.25, 0.3) is 0 Å². The molecule has 1 saturated heterocycles. The molecular weight excluding hydrogens is 262 g/mol. The Morgan fingerprint density at radius 1 is 1.43 bits per heavy atom. The van der Waals surface area contributed by atoms with Crippen LogP contribution in [0, 0.1) is 12.8 Å². The Hall–Kier alpha value is -1.55. The van der Waals surface area contributed by atoms with Crippen molar-refractivity contribution in [2.45, 2.75) is 45.1 Å². The van der Waals surface area contributed by atoms with Gasteiger partial charge in [0.05, 0.1) is 0 Å². The van der Waals surface area contributed by atoms with E-state index in [9.17, 15) is 4.79 Å². The molecule has 1 aliphatic heterocycles. The summed E-state index contributed by atoms with van der Waals surface area (Å²) in [5.74, 6) is 1.02. The average molecular weight is 287 g/mol. The molecule has 0 spiro atoms. The molecule has 1 aromatic rings. The number of piperidine rings is 1. The first-order chi connectivity index (χ1) is 10.1. The zero-order valence-corrected chi connectivity index (χ0v) is 12.8. The van der Waals surface area contributed by atoms with Gasteiger partial charge in [-0.05, 0) is 62.8 Å². The van der Waals surface area contributed by atoms with Gasteiger partial charge in [-0.15, -0.1) is 0 Å². The summed E-state index contributed by atoms with van der Waals surface area (Å²) in [6, 6.07) is 6.42. The van der Waals surface area contributed by atoms with Gasteiger partial charge >= 0.3 is 0 Å². The Labute approximate surface area is 126 Å². The van der Waals surface area contributed by atoms with E-state index in [1.165, 1.54) is 25.8 Å². The van der Waals surface area contributed by atoms with Crippen LogP contribution in [0.1, 0.15) is 37.7 Å². The Balaban J connectivity index is 1.43. The van der Waals surface area contributed by atoms with Crippen molar-refractivity contribution in [3.05, 3.63) is 23.8 Å². The lowest BCUT2D eigenvalue weighted by Crippen LogP contribution is -2.33. The molecule has 21 heavy (non-hydrogen) atoms. The van der Waals surface area contributed by atoms with Crippen molar-refractivity contribution in [3.63, 3.8) is 0 Å². The fraction of sp³-hybridized carbons (Fsp3) is 0.588. The highest BCUT2D eigenvalue weighted by Crippen LogP contribution is 2.37. The predicted molar refractivity (Wildman–Crippen MR) is 86.2 cm³/mol. The monoisotopic (exact) mass is 287 g/mol. The summed E-state index contributed by atoms with van der Waals surface area (Å²) in [6.07, 6.45) is 5.68. The summed E-state index contributed by atoms with van der Waals surface area (Å²) < 4.78 is 0. The maximum absolute atomic E-state index is 12.0. The number of carbonyl (C=O) groups excluding carboxylic acids is 1. The highest BCUT2D eigenvalue weighted by molar-refractivity contribution is 5.92. The van der Waals surface area contributed by atoms with Crippen molar-refractivity contribution in [1.29, 1.82) is 0 Å². The topological polar surface area (TPSA) is 58.4 Å². The number of likely N-dealkylation sites (tertiary alicyclic amines) is 1. The van der Waals surface area contributed by atoms with Crippen molar-refractivity contribution in [2.75, 3.05) is 24.1 Å². The molecule has 2 fully saturated rings. The second-order valence-corrected chi connectivity index (χ2v) is 6.55. The maximum atomic E-state index is 12.0. The minimum absolute atomic E-state index is 0.0908. The zero-order chi connectivity index (χ0) is 14.8. The van der Waals surface area contributed by atoms with Crippen LogP contribution in [0.5, 0.6) is 0 Å². The van der Waals surface area contributed by atoms with Crippen LogP contribution in [-0.4, -0.2) is 29.9 Å². The number of nitrogens with two attached hydrogens (primary N) is 1. The normalized spacial score (nSPS) is 24.4. The molecule has 4 nitrogen and oxygen atoms in total. The molecule has 1 aromatic carbocycles. The minimum atomic E-state index is 0.0908. The summed E-state index contributed by atoms with van der Waals surface area (Å²) in [5, 5.41) is 2.97. The van der Waals surface area contributed by atoms with Gasteiger partial charge in [-0.3, -0.25) is 4.79 Å². The van der Waals surface area contributed by atoms with Crippen molar-refractivity contribution in [3.8, 4) is 0 Å². The van der Waals surface area contributed by atoms with E-state index in [-0.39, 0.29) is 5.91 Å². The molecule has 3 rings (SSSR count). The molecule has 2 atom stereocenters. The van der Waals surface area contributed by atoms with E-state index in [1.54, 1.807) is 0 Å². The third-order valence-electron chi connectivity index (χ3n) is 4.91. The number of benzene rings is 1. The van der Waals surface area contributed by atoms with Gasteiger partial charge in [0.15, 0.2) is 0 Å². The Morgan fingerprint density at radius 3 is 3.00 bits per heavy atom. The molecule has 114 valence electrons. The molecule has 3 N–H and O–H groups in total. The fourth-order valence-corrected chi connectivity index (χ4v) is 3.73. The van der Waals surface area contributed by atoms with Crippen LogP contribution in [0.25, 0.3) is 0 Å². The molecule has 0 aromatic heterocycles. The van der Waals surface area contributed by atoms with E-state index in [4.69, 9.17) is 5.73 Å². The molecule has 1 heterocycles. The third-order valence-corrected chi connectivity index (χ3v) is 4.91. The van der Waals surface area contributed by atoms with Gasteiger partial charge in [0.2, 0.25) is 5.91 Å². The highest BCUT2D eigenvalue weighted by atomic mass is 16.1. The second kappa shape index (κ2) is 6.06. The van der Waals surface area contributed by atoms with Crippen molar-refractivity contribution in [1.82, 2.24) is 4.90 Å². The van der Waals surface area contributed by atoms with E-state index in [0.29, 0.717) is 12.1 Å². The van der Waals surface area contributed by atoms with Gasteiger partial charge in [0, 0.05) is 30.4 Å². The first-order valence-corrected chi connectivity index (χ1v) is 8.02. The number of aryl methyl sites for hydroxylation is 1. The highest BCUT2D eigenvalue weighted by Gasteiger charge is 2.37. The molecule has 0 radical (unpaired) electrons. The number of nitrogen functional groups attached to an aromatic ring is 1. The molecular formula is C17H25N3O. The van der Waals surface area contributed by atoms with Gasteiger partial charge in [-0.25, -0.2) is 0 Å². The fourth-order valence-electron chi connectivity index (χ4n) is 3.73. The first kappa shape index (κ1) is 14.4. The number of amides is 1. The standard InChI is InChI=1S/C17H25N3O/c1-12-4-6-14(18)10-16(12)19-17(21)3-2-8-20-11-13-5-7-15(20)9-13/h4,6,10,13,15H,2-3,5,7-9,11,18H2,1H3,(H,19,21). The molecule has 4 heteroatoms. The molecule has 2 aliphatic rings. The number of nitrogens with one attached hydrogen (secondary N) is 1. The van der Waals surface area contributed by atoms with Crippen molar-refractivity contribution >= 4 is 17.3 Å². The molecule has 1 aliphatic carbocycles. The maximum Gasteiger partial charge on any atom is 0.224 e. The van der Waals surface area contributed by atoms with Crippen molar-refractivity contribution in [2.24, 2.45) is 5.92 Å². The van der Waals surface area contributed by atoms with E-state index >= 15 is 0 Å². The van der Waals surface area contributed by atoms with Crippen LogP contribution in [0.3, 0.4) is 0 Å². The number of hydrogen-bond acceptors (Lipinski definition) is 3. The third kappa shape index (κ3) is 3.38. The molecule has 1 saturated carbocycles. The van der Waals surface area contributed by atoms with Gasteiger partial charge in [0.1, 0.15) is 0 Å². The van der Waals surface area contributed by atoms with E-state index in [1.807, 2.05) is 25.1 Å². The predicted octanol–water partition coefficient (Wildman–Crippen LogP) is 2.78. The van der Waals surface area contributed by atoms with E-state index in [0.717, 1.165) is 36.2 Å². The molecule has 2 unspecified atom stereocenters. The number of carbonyl (C=O) groups is 1. The quantitative estimate of drug-likeness (QED) is 0.819. The summed E-state index contributed by atoms with van der Waals surface area (Å²) >= 11 is 0. The van der Waals surface area contributed by atoms with E-state index < -0.39 is 0 Å². The van der Waals surface area contributed by atoms with Crippen LogP contribution in [0.15, 0.2) is 18.2 Å². The van der Waals surface area contributed by atoms with E-state index in [2.05, 4.69) is 10.2 Å². The van der Waals surface area contributed by atoms with Crippen LogP contribution in [0.4, 0.5) is 11.4 Å². The number of rotatable bonds is 5. The van der Waals surface area contributed by atoms with Gasteiger partial charge in [-0.2, -0.15) is 0 Å². The van der Waals surface area contributed by atoms with Gasteiger partial charge < -0.3 is 16.0 Å².